The van der Waals surface area contributed by atoms with E-state index in [9.17, 15) is 0 Å². The molecule has 3 N–H and O–H groups in total. The molecule has 7 nitrogen and oxygen atoms in total. The summed E-state index contributed by atoms with van der Waals surface area (Å²) in [5.74, 6) is 0.698. The van der Waals surface area contributed by atoms with Crippen molar-refractivity contribution in [3.63, 3.8) is 0 Å². The number of nitrogens with zero attached hydrogens (tertiary/aromatic N) is 4. The minimum Gasteiger partial charge on any atom is -0.464 e. The lowest BCUT2D eigenvalue weighted by Crippen LogP contribution is -2.39. The second-order valence-corrected chi connectivity index (χ2v) is 4.99. The Kier molecular flexibility index (Phi) is 5.34. The minimum atomic E-state index is 0.189. The lowest BCUT2D eigenvalue weighted by molar-refractivity contribution is 0.219. The summed E-state index contributed by atoms with van der Waals surface area (Å²) in [7, 11) is 0. The first kappa shape index (κ1) is 14.8. The summed E-state index contributed by atoms with van der Waals surface area (Å²) in [5.41, 5.74) is 5.67. The Hall–Kier alpha value is -1.63. The van der Waals surface area contributed by atoms with Gasteiger partial charge in [-0.1, -0.05) is 6.92 Å². The number of likely N-dealkylation sites (tertiary alicyclic amines) is 1. The van der Waals surface area contributed by atoms with Crippen LogP contribution in [0, 0.1) is 0 Å². The highest BCUT2D eigenvalue weighted by Gasteiger charge is 2.19. The van der Waals surface area contributed by atoms with Crippen molar-refractivity contribution in [3.05, 3.63) is 0 Å². The van der Waals surface area contributed by atoms with Gasteiger partial charge >= 0.3 is 6.01 Å². The van der Waals surface area contributed by atoms with Gasteiger partial charge in [0.25, 0.3) is 0 Å². The van der Waals surface area contributed by atoms with Crippen LogP contribution in [0.15, 0.2) is 0 Å². The quantitative estimate of drug-likeness (QED) is 0.807. The fourth-order valence-corrected chi connectivity index (χ4v) is 2.43. The van der Waals surface area contributed by atoms with Crippen LogP contribution in [0.3, 0.4) is 0 Å². The van der Waals surface area contributed by atoms with Crippen LogP contribution < -0.4 is 15.8 Å². The number of nitrogens with two attached hydrogens (primary N) is 1. The summed E-state index contributed by atoms with van der Waals surface area (Å²) >= 11 is 0. The second kappa shape index (κ2) is 7.23. The molecule has 7 heteroatoms. The van der Waals surface area contributed by atoms with E-state index < -0.39 is 0 Å². The SMILES string of the molecule is CCCN1CCC(Nc2nc(N)nc(OCC)n2)CC1. The number of nitrogens with one attached hydrogen (secondary N) is 1. The molecule has 0 unspecified atom stereocenters. The first-order chi connectivity index (χ1) is 9.71. The maximum atomic E-state index is 5.67. The van der Waals surface area contributed by atoms with Crippen molar-refractivity contribution in [1.29, 1.82) is 0 Å². The summed E-state index contributed by atoms with van der Waals surface area (Å²) < 4.78 is 5.28. The normalized spacial score (nSPS) is 17.1. The molecule has 0 radical (unpaired) electrons. The highest BCUT2D eigenvalue weighted by atomic mass is 16.5. The molecule has 112 valence electrons. The van der Waals surface area contributed by atoms with E-state index in [1.165, 1.54) is 13.0 Å². The molecule has 2 heterocycles. The summed E-state index contributed by atoms with van der Waals surface area (Å²) in [6.45, 7) is 8.02. The average molecular weight is 280 g/mol. The lowest BCUT2D eigenvalue weighted by Gasteiger charge is -2.32. The van der Waals surface area contributed by atoms with E-state index in [1.54, 1.807) is 0 Å². The van der Waals surface area contributed by atoms with Crippen LogP contribution in [0.4, 0.5) is 11.9 Å². The van der Waals surface area contributed by atoms with Crippen LogP contribution >= 0.6 is 0 Å². The van der Waals surface area contributed by atoms with Gasteiger partial charge in [0, 0.05) is 19.1 Å². The number of rotatable bonds is 6. The number of piperidine rings is 1. The first-order valence-corrected chi connectivity index (χ1v) is 7.34. The van der Waals surface area contributed by atoms with Gasteiger partial charge in [-0.15, -0.1) is 0 Å². The molecule has 1 aromatic heterocycles. The molecule has 0 atom stereocenters. The Labute approximate surface area is 119 Å². The summed E-state index contributed by atoms with van der Waals surface area (Å²) in [6, 6.07) is 0.672. The number of aromatic nitrogens is 3. The van der Waals surface area contributed by atoms with Crippen LogP contribution in [0.5, 0.6) is 6.01 Å². The van der Waals surface area contributed by atoms with Crippen LogP contribution in [0.2, 0.25) is 0 Å². The van der Waals surface area contributed by atoms with E-state index in [0.717, 1.165) is 25.9 Å². The zero-order chi connectivity index (χ0) is 14.4. The van der Waals surface area contributed by atoms with Gasteiger partial charge < -0.3 is 20.7 Å². The lowest BCUT2D eigenvalue weighted by atomic mass is 10.1. The Morgan fingerprint density at radius 1 is 1.25 bits per heavy atom. The van der Waals surface area contributed by atoms with Crippen molar-refractivity contribution >= 4 is 11.9 Å². The molecule has 1 aromatic rings. The van der Waals surface area contributed by atoms with Crippen molar-refractivity contribution in [3.8, 4) is 6.01 Å². The fourth-order valence-electron chi connectivity index (χ4n) is 2.43. The summed E-state index contributed by atoms with van der Waals surface area (Å²) in [5, 5.41) is 3.33. The molecule has 0 aliphatic carbocycles. The summed E-state index contributed by atoms with van der Waals surface area (Å²) in [4.78, 5) is 14.8. The zero-order valence-electron chi connectivity index (χ0n) is 12.3. The Bertz CT molecular complexity index is 419. The van der Waals surface area contributed by atoms with Gasteiger partial charge in [-0.25, -0.2) is 0 Å². The number of hydrogen-bond donors (Lipinski definition) is 2. The zero-order valence-corrected chi connectivity index (χ0v) is 12.3. The third-order valence-corrected chi connectivity index (χ3v) is 3.37. The van der Waals surface area contributed by atoms with E-state index >= 15 is 0 Å². The smallest absolute Gasteiger partial charge is 0.323 e. The molecule has 1 aliphatic heterocycles. The van der Waals surface area contributed by atoms with Gasteiger partial charge in [0.15, 0.2) is 0 Å². The molecular formula is C13H24N6O. The van der Waals surface area contributed by atoms with Gasteiger partial charge in [-0.3, -0.25) is 0 Å². The predicted octanol–water partition coefficient (Wildman–Crippen LogP) is 1.14. The second-order valence-electron chi connectivity index (χ2n) is 4.99. The Morgan fingerprint density at radius 2 is 2.00 bits per heavy atom. The van der Waals surface area contributed by atoms with Gasteiger partial charge in [-0.05, 0) is 32.7 Å². The fraction of sp³-hybridized carbons (Fsp3) is 0.769. The van der Waals surface area contributed by atoms with E-state index in [0.29, 0.717) is 18.6 Å². The first-order valence-electron chi connectivity index (χ1n) is 7.34. The van der Waals surface area contributed by atoms with E-state index in [2.05, 4.69) is 32.1 Å². The molecule has 0 amide bonds. The highest BCUT2D eigenvalue weighted by Crippen LogP contribution is 2.16. The monoisotopic (exact) mass is 280 g/mol. The molecule has 0 saturated carbocycles. The van der Waals surface area contributed by atoms with Crippen LogP contribution in [0.25, 0.3) is 0 Å². The molecule has 0 bridgehead atoms. The summed E-state index contributed by atoms with van der Waals surface area (Å²) in [6.07, 6.45) is 3.39. The van der Waals surface area contributed by atoms with E-state index in [-0.39, 0.29) is 12.0 Å². The van der Waals surface area contributed by atoms with Crippen LogP contribution in [-0.2, 0) is 0 Å². The number of hydrogen-bond acceptors (Lipinski definition) is 7. The maximum Gasteiger partial charge on any atom is 0.323 e. The minimum absolute atomic E-state index is 0.189. The van der Waals surface area contributed by atoms with Crippen LogP contribution in [0.1, 0.15) is 33.1 Å². The average Bonchev–Trinajstić information content (AvgIpc) is 2.41. The number of nitrogen functional groups attached to an aromatic ring is 1. The number of ether oxygens (including phenoxy) is 1. The number of anilines is 2. The van der Waals surface area contributed by atoms with Crippen molar-refractivity contribution in [2.45, 2.75) is 39.2 Å². The van der Waals surface area contributed by atoms with Gasteiger partial charge in [-0.2, -0.15) is 15.0 Å². The Balaban J connectivity index is 1.90. The predicted molar refractivity (Wildman–Crippen MR) is 78.8 cm³/mol. The maximum absolute atomic E-state index is 5.67. The third-order valence-electron chi connectivity index (χ3n) is 3.37. The van der Waals surface area contributed by atoms with E-state index in [4.69, 9.17) is 10.5 Å². The molecule has 2 rings (SSSR count). The largest absolute Gasteiger partial charge is 0.464 e. The van der Waals surface area contributed by atoms with Crippen molar-refractivity contribution in [1.82, 2.24) is 19.9 Å². The van der Waals surface area contributed by atoms with Crippen molar-refractivity contribution in [2.75, 3.05) is 37.3 Å². The van der Waals surface area contributed by atoms with Gasteiger partial charge in [0.1, 0.15) is 0 Å². The standard InChI is InChI=1S/C13H24N6O/c1-3-7-19-8-5-10(6-9-19)15-12-16-11(14)17-13(18-12)20-4-2/h10H,3-9H2,1-2H3,(H3,14,15,16,17,18). The third kappa shape index (κ3) is 4.19. The molecule has 1 aliphatic rings. The van der Waals surface area contributed by atoms with Crippen LogP contribution in [-0.4, -0.2) is 52.1 Å². The topological polar surface area (TPSA) is 89.2 Å². The molecule has 1 saturated heterocycles. The molecular weight excluding hydrogens is 256 g/mol. The molecule has 20 heavy (non-hydrogen) atoms. The van der Waals surface area contributed by atoms with Crippen molar-refractivity contribution in [2.24, 2.45) is 0 Å². The Morgan fingerprint density at radius 3 is 2.65 bits per heavy atom. The van der Waals surface area contributed by atoms with E-state index in [1.807, 2.05) is 6.92 Å². The van der Waals surface area contributed by atoms with Crippen molar-refractivity contribution < 1.29 is 4.74 Å². The van der Waals surface area contributed by atoms with Gasteiger partial charge in [0.05, 0.1) is 6.61 Å². The van der Waals surface area contributed by atoms with Gasteiger partial charge in [0.2, 0.25) is 11.9 Å². The molecule has 1 fully saturated rings. The highest BCUT2D eigenvalue weighted by molar-refractivity contribution is 5.33. The molecule has 0 aromatic carbocycles. The molecule has 0 spiro atoms.